The maximum atomic E-state index is 9.97. The molecule has 2 nitrogen and oxygen atoms in total. The fourth-order valence-corrected chi connectivity index (χ4v) is 2.59. The third-order valence-electron chi connectivity index (χ3n) is 3.64. The molecule has 0 heterocycles. The molecular formula is C12H25NO. The summed E-state index contributed by atoms with van der Waals surface area (Å²) < 4.78 is 0. The summed E-state index contributed by atoms with van der Waals surface area (Å²) >= 11 is 0. The zero-order valence-electron chi connectivity index (χ0n) is 9.87. The number of aliphatic hydroxyl groups excluding tert-OH is 1. The van der Waals surface area contributed by atoms with E-state index in [1.807, 2.05) is 0 Å². The first kappa shape index (κ1) is 12.0. The van der Waals surface area contributed by atoms with E-state index in [4.69, 9.17) is 0 Å². The van der Waals surface area contributed by atoms with Crippen molar-refractivity contribution in [1.82, 2.24) is 4.90 Å². The summed E-state index contributed by atoms with van der Waals surface area (Å²) in [7, 11) is 0. The van der Waals surface area contributed by atoms with Crippen molar-refractivity contribution in [3.8, 4) is 0 Å². The standard InChI is InChI=1S/C12H25NO/c1-4-10(3)13(5-2)11-8-6-7-9-12(11)14/h10-12,14H,4-9H2,1-3H3/t10?,11-,12-/m0/s1. The molecular weight excluding hydrogens is 174 g/mol. The Morgan fingerprint density at radius 2 is 1.93 bits per heavy atom. The molecule has 84 valence electrons. The van der Waals surface area contributed by atoms with Crippen LogP contribution in [0.25, 0.3) is 0 Å². The van der Waals surface area contributed by atoms with Crippen LogP contribution in [0.2, 0.25) is 0 Å². The van der Waals surface area contributed by atoms with Gasteiger partial charge in [0.2, 0.25) is 0 Å². The molecule has 1 saturated carbocycles. The lowest BCUT2D eigenvalue weighted by Crippen LogP contribution is -2.49. The molecule has 1 N–H and O–H groups in total. The Bertz CT molecular complexity index is 156. The first-order chi connectivity index (χ1) is 6.70. The van der Waals surface area contributed by atoms with Gasteiger partial charge in [-0.1, -0.05) is 26.7 Å². The average molecular weight is 199 g/mol. The summed E-state index contributed by atoms with van der Waals surface area (Å²) in [6, 6.07) is 1.03. The minimum Gasteiger partial charge on any atom is -0.391 e. The van der Waals surface area contributed by atoms with Crippen LogP contribution in [0.5, 0.6) is 0 Å². The fourth-order valence-electron chi connectivity index (χ4n) is 2.59. The molecule has 1 rings (SSSR count). The van der Waals surface area contributed by atoms with E-state index >= 15 is 0 Å². The Hall–Kier alpha value is -0.0800. The van der Waals surface area contributed by atoms with Gasteiger partial charge in [0.05, 0.1) is 6.10 Å². The van der Waals surface area contributed by atoms with E-state index in [0.717, 1.165) is 13.0 Å². The van der Waals surface area contributed by atoms with Crippen LogP contribution in [0.3, 0.4) is 0 Å². The van der Waals surface area contributed by atoms with Crippen LogP contribution >= 0.6 is 0 Å². The number of aliphatic hydroxyl groups is 1. The van der Waals surface area contributed by atoms with Crippen molar-refractivity contribution in [2.75, 3.05) is 6.54 Å². The maximum absolute atomic E-state index is 9.97. The lowest BCUT2D eigenvalue weighted by atomic mass is 9.90. The molecule has 0 radical (unpaired) electrons. The molecule has 0 amide bonds. The van der Waals surface area contributed by atoms with Crippen molar-refractivity contribution in [2.45, 2.75) is 71.1 Å². The third kappa shape index (κ3) is 2.71. The minimum absolute atomic E-state index is 0.0855. The molecule has 1 aliphatic rings. The molecule has 0 aromatic rings. The Balaban J connectivity index is 2.57. The lowest BCUT2D eigenvalue weighted by molar-refractivity contribution is 0.00362. The quantitative estimate of drug-likeness (QED) is 0.751. The molecule has 0 saturated heterocycles. The van der Waals surface area contributed by atoms with Crippen molar-refractivity contribution in [2.24, 2.45) is 0 Å². The summed E-state index contributed by atoms with van der Waals surface area (Å²) in [6.45, 7) is 7.76. The van der Waals surface area contributed by atoms with Crippen LogP contribution in [0.4, 0.5) is 0 Å². The highest BCUT2D eigenvalue weighted by atomic mass is 16.3. The van der Waals surface area contributed by atoms with Gasteiger partial charge < -0.3 is 5.11 Å². The predicted molar refractivity (Wildman–Crippen MR) is 60.4 cm³/mol. The second-order valence-electron chi connectivity index (χ2n) is 4.51. The second-order valence-corrected chi connectivity index (χ2v) is 4.51. The molecule has 0 aromatic heterocycles. The van der Waals surface area contributed by atoms with E-state index < -0.39 is 0 Å². The van der Waals surface area contributed by atoms with Gasteiger partial charge in [-0.2, -0.15) is 0 Å². The number of nitrogens with zero attached hydrogens (tertiary/aromatic N) is 1. The molecule has 0 spiro atoms. The Morgan fingerprint density at radius 3 is 2.43 bits per heavy atom. The SMILES string of the molecule is CCC(C)N(CC)[C@H]1CCCC[C@@H]1O. The van der Waals surface area contributed by atoms with E-state index in [0.29, 0.717) is 12.1 Å². The highest BCUT2D eigenvalue weighted by Crippen LogP contribution is 2.25. The van der Waals surface area contributed by atoms with Crippen LogP contribution < -0.4 is 0 Å². The van der Waals surface area contributed by atoms with E-state index in [1.165, 1.54) is 25.7 Å². The molecule has 0 aliphatic heterocycles. The highest BCUT2D eigenvalue weighted by molar-refractivity contribution is 4.84. The van der Waals surface area contributed by atoms with Crippen molar-refractivity contribution in [3.63, 3.8) is 0 Å². The van der Waals surface area contributed by atoms with Crippen LogP contribution in [0.15, 0.2) is 0 Å². The van der Waals surface area contributed by atoms with Crippen LogP contribution in [-0.4, -0.2) is 34.7 Å². The van der Waals surface area contributed by atoms with Gasteiger partial charge in [0.15, 0.2) is 0 Å². The third-order valence-corrected chi connectivity index (χ3v) is 3.64. The van der Waals surface area contributed by atoms with Crippen LogP contribution in [-0.2, 0) is 0 Å². The van der Waals surface area contributed by atoms with Gasteiger partial charge in [-0.25, -0.2) is 0 Å². The average Bonchev–Trinajstić information content (AvgIpc) is 2.21. The van der Waals surface area contributed by atoms with Gasteiger partial charge in [0.25, 0.3) is 0 Å². The van der Waals surface area contributed by atoms with E-state index in [2.05, 4.69) is 25.7 Å². The topological polar surface area (TPSA) is 23.5 Å². The number of hydrogen-bond donors (Lipinski definition) is 1. The molecule has 0 bridgehead atoms. The van der Waals surface area contributed by atoms with Gasteiger partial charge >= 0.3 is 0 Å². The first-order valence-corrected chi connectivity index (χ1v) is 6.14. The van der Waals surface area contributed by atoms with Gasteiger partial charge in [-0.15, -0.1) is 0 Å². The summed E-state index contributed by atoms with van der Waals surface area (Å²) in [5, 5.41) is 9.97. The van der Waals surface area contributed by atoms with Crippen molar-refractivity contribution in [3.05, 3.63) is 0 Å². The van der Waals surface area contributed by atoms with Gasteiger partial charge in [0, 0.05) is 12.1 Å². The predicted octanol–water partition coefficient (Wildman–Crippen LogP) is 2.41. The monoisotopic (exact) mass is 199 g/mol. The Labute approximate surface area is 88.3 Å². The molecule has 2 heteroatoms. The molecule has 0 aromatic carbocycles. The minimum atomic E-state index is -0.0855. The van der Waals surface area contributed by atoms with Gasteiger partial charge in [-0.3, -0.25) is 4.90 Å². The summed E-state index contributed by atoms with van der Waals surface area (Å²) in [5.74, 6) is 0. The van der Waals surface area contributed by atoms with Crippen LogP contribution in [0.1, 0.15) is 52.9 Å². The zero-order chi connectivity index (χ0) is 10.6. The van der Waals surface area contributed by atoms with E-state index in [1.54, 1.807) is 0 Å². The second kappa shape index (κ2) is 5.72. The van der Waals surface area contributed by atoms with E-state index in [-0.39, 0.29) is 6.10 Å². The number of hydrogen-bond acceptors (Lipinski definition) is 2. The summed E-state index contributed by atoms with van der Waals surface area (Å²) in [5.41, 5.74) is 0. The van der Waals surface area contributed by atoms with E-state index in [9.17, 15) is 5.11 Å². The Morgan fingerprint density at radius 1 is 1.29 bits per heavy atom. The molecule has 1 aliphatic carbocycles. The largest absolute Gasteiger partial charge is 0.391 e. The van der Waals surface area contributed by atoms with Gasteiger partial charge in [-0.05, 0) is 32.7 Å². The summed E-state index contributed by atoms with van der Waals surface area (Å²) in [6.07, 6.45) is 5.76. The van der Waals surface area contributed by atoms with Crippen molar-refractivity contribution < 1.29 is 5.11 Å². The smallest absolute Gasteiger partial charge is 0.0695 e. The number of rotatable bonds is 4. The molecule has 14 heavy (non-hydrogen) atoms. The highest BCUT2D eigenvalue weighted by Gasteiger charge is 2.29. The lowest BCUT2D eigenvalue weighted by Gasteiger charge is -2.40. The van der Waals surface area contributed by atoms with Crippen molar-refractivity contribution in [1.29, 1.82) is 0 Å². The van der Waals surface area contributed by atoms with Crippen molar-refractivity contribution >= 4 is 0 Å². The summed E-state index contributed by atoms with van der Waals surface area (Å²) in [4.78, 5) is 2.48. The normalized spacial score (nSPS) is 30.6. The van der Waals surface area contributed by atoms with Gasteiger partial charge in [0.1, 0.15) is 0 Å². The first-order valence-electron chi connectivity index (χ1n) is 6.14. The molecule has 3 atom stereocenters. The maximum Gasteiger partial charge on any atom is 0.0695 e. The zero-order valence-corrected chi connectivity index (χ0v) is 9.87. The Kier molecular flexibility index (Phi) is 4.90. The molecule has 1 unspecified atom stereocenters. The fraction of sp³-hybridized carbons (Fsp3) is 1.00. The van der Waals surface area contributed by atoms with Crippen LogP contribution in [0, 0.1) is 0 Å². The number of likely N-dealkylation sites (N-methyl/N-ethyl adjacent to an activating group) is 1. The molecule has 1 fully saturated rings.